The molecule has 0 atom stereocenters. The van der Waals surface area contributed by atoms with E-state index in [1.165, 1.54) is 16.5 Å². The fourth-order valence-electron chi connectivity index (χ4n) is 1.70. The van der Waals surface area contributed by atoms with Gasteiger partial charge in [-0.05, 0) is 42.4 Å². The third-order valence-corrected chi connectivity index (χ3v) is 4.07. The van der Waals surface area contributed by atoms with Crippen LogP contribution in [0.15, 0.2) is 47.4 Å². The average Bonchev–Trinajstić information content (AvgIpc) is 2.42. The van der Waals surface area contributed by atoms with Crippen LogP contribution in [0.5, 0.6) is 0 Å². The van der Waals surface area contributed by atoms with E-state index in [9.17, 15) is 4.39 Å². The van der Waals surface area contributed by atoms with Crippen LogP contribution in [-0.2, 0) is 12.3 Å². The van der Waals surface area contributed by atoms with Crippen molar-refractivity contribution in [3.63, 3.8) is 0 Å². The second-order valence-corrected chi connectivity index (χ2v) is 5.67. The molecule has 0 aliphatic rings. The first-order valence-corrected chi connectivity index (χ1v) is 7.35. The fourth-order valence-corrected chi connectivity index (χ4v) is 2.75. The zero-order chi connectivity index (χ0) is 13.7. The Hall–Kier alpha value is -1.03. The minimum absolute atomic E-state index is 0.183. The van der Waals surface area contributed by atoms with Crippen LogP contribution in [-0.4, -0.2) is 7.05 Å². The molecule has 4 heteroatoms. The highest BCUT2D eigenvalue weighted by Gasteiger charge is 2.02. The first-order chi connectivity index (χ1) is 9.19. The van der Waals surface area contributed by atoms with Gasteiger partial charge in [0.15, 0.2) is 0 Å². The Balaban J connectivity index is 1.96. The Kier molecular flexibility index (Phi) is 5.25. The third-order valence-electron chi connectivity index (χ3n) is 2.69. The fraction of sp³-hybridized carbons (Fsp3) is 0.200. The van der Waals surface area contributed by atoms with Crippen LogP contribution in [0.3, 0.4) is 0 Å². The molecule has 19 heavy (non-hydrogen) atoms. The topological polar surface area (TPSA) is 12.0 Å². The molecule has 0 aliphatic carbocycles. The maximum atomic E-state index is 13.0. The monoisotopic (exact) mass is 295 g/mol. The van der Waals surface area contributed by atoms with Gasteiger partial charge in [-0.15, -0.1) is 11.8 Å². The number of halogens is 2. The zero-order valence-electron chi connectivity index (χ0n) is 10.6. The van der Waals surface area contributed by atoms with E-state index in [-0.39, 0.29) is 10.8 Å². The summed E-state index contributed by atoms with van der Waals surface area (Å²) in [6.07, 6.45) is 0. The second-order valence-electron chi connectivity index (χ2n) is 4.21. The molecule has 2 aromatic rings. The molecule has 0 unspecified atom stereocenters. The Morgan fingerprint density at radius 3 is 2.42 bits per heavy atom. The summed E-state index contributed by atoms with van der Waals surface area (Å²) < 4.78 is 13.0. The number of rotatable bonds is 5. The number of hydrogen-bond donors (Lipinski definition) is 1. The van der Waals surface area contributed by atoms with Gasteiger partial charge < -0.3 is 5.32 Å². The van der Waals surface area contributed by atoms with Gasteiger partial charge in [0.1, 0.15) is 5.82 Å². The highest BCUT2D eigenvalue weighted by atomic mass is 35.5. The normalized spacial score (nSPS) is 10.7. The maximum Gasteiger partial charge on any atom is 0.141 e. The molecule has 0 amide bonds. The van der Waals surface area contributed by atoms with E-state index in [1.54, 1.807) is 23.9 Å². The smallest absolute Gasteiger partial charge is 0.141 e. The SMILES string of the molecule is CNCc1ccc(SCc2ccc(F)c(Cl)c2)cc1. The van der Waals surface area contributed by atoms with Gasteiger partial charge in [-0.1, -0.05) is 29.8 Å². The van der Waals surface area contributed by atoms with Gasteiger partial charge >= 0.3 is 0 Å². The molecule has 1 N–H and O–H groups in total. The molecule has 0 spiro atoms. The van der Waals surface area contributed by atoms with Crippen LogP contribution in [0.1, 0.15) is 11.1 Å². The lowest BCUT2D eigenvalue weighted by Crippen LogP contribution is -2.04. The van der Waals surface area contributed by atoms with E-state index in [4.69, 9.17) is 11.6 Å². The van der Waals surface area contributed by atoms with Crippen LogP contribution in [0.4, 0.5) is 4.39 Å². The van der Waals surface area contributed by atoms with Crippen molar-refractivity contribution in [1.29, 1.82) is 0 Å². The molecule has 0 heterocycles. The van der Waals surface area contributed by atoms with Gasteiger partial charge in [-0.25, -0.2) is 4.39 Å². The van der Waals surface area contributed by atoms with Gasteiger partial charge in [0.25, 0.3) is 0 Å². The largest absolute Gasteiger partial charge is 0.316 e. The molecular weight excluding hydrogens is 281 g/mol. The molecule has 0 fully saturated rings. The van der Waals surface area contributed by atoms with Gasteiger partial charge in [0.2, 0.25) is 0 Å². The molecular formula is C15H15ClFNS. The lowest BCUT2D eigenvalue weighted by molar-refractivity contribution is 0.628. The molecule has 1 nitrogen and oxygen atoms in total. The highest BCUT2D eigenvalue weighted by molar-refractivity contribution is 7.98. The van der Waals surface area contributed by atoms with Gasteiger partial charge in [-0.2, -0.15) is 0 Å². The lowest BCUT2D eigenvalue weighted by atomic mass is 10.2. The summed E-state index contributed by atoms with van der Waals surface area (Å²) in [6.45, 7) is 0.874. The minimum atomic E-state index is -0.369. The summed E-state index contributed by atoms with van der Waals surface area (Å²) in [5, 5.41) is 3.30. The van der Waals surface area contributed by atoms with E-state index in [0.717, 1.165) is 17.9 Å². The van der Waals surface area contributed by atoms with Crippen molar-refractivity contribution in [2.75, 3.05) is 7.05 Å². The van der Waals surface area contributed by atoms with Gasteiger partial charge in [0.05, 0.1) is 5.02 Å². The molecule has 2 rings (SSSR count). The molecule has 0 aromatic heterocycles. The first-order valence-electron chi connectivity index (χ1n) is 5.99. The molecule has 0 bridgehead atoms. The summed E-state index contributed by atoms with van der Waals surface area (Å²) >= 11 is 7.47. The van der Waals surface area contributed by atoms with Crippen molar-refractivity contribution >= 4 is 23.4 Å². The van der Waals surface area contributed by atoms with E-state index < -0.39 is 0 Å². The molecule has 100 valence electrons. The van der Waals surface area contributed by atoms with Crippen molar-refractivity contribution in [2.45, 2.75) is 17.2 Å². The first kappa shape index (κ1) is 14.4. The molecule has 2 aromatic carbocycles. The Morgan fingerprint density at radius 2 is 1.79 bits per heavy atom. The summed E-state index contributed by atoms with van der Waals surface area (Å²) in [5.41, 5.74) is 2.28. The predicted octanol–water partition coefficient (Wildman–Crippen LogP) is 4.49. The summed E-state index contributed by atoms with van der Waals surface area (Å²) in [7, 11) is 1.93. The van der Waals surface area contributed by atoms with Crippen molar-refractivity contribution in [2.24, 2.45) is 0 Å². The van der Waals surface area contributed by atoms with Crippen LogP contribution >= 0.6 is 23.4 Å². The van der Waals surface area contributed by atoms with Crippen molar-refractivity contribution < 1.29 is 4.39 Å². The Labute approximate surface area is 122 Å². The molecule has 0 radical (unpaired) electrons. The average molecular weight is 296 g/mol. The number of thioether (sulfide) groups is 1. The molecule has 0 saturated heterocycles. The standard InChI is InChI=1S/C15H15ClFNS/c1-18-9-11-2-5-13(6-3-11)19-10-12-4-7-15(17)14(16)8-12/h2-8,18H,9-10H2,1H3. The zero-order valence-corrected chi connectivity index (χ0v) is 12.2. The van der Waals surface area contributed by atoms with E-state index in [1.807, 2.05) is 7.05 Å². The van der Waals surface area contributed by atoms with E-state index in [2.05, 4.69) is 29.6 Å². The molecule has 0 saturated carbocycles. The highest BCUT2D eigenvalue weighted by Crippen LogP contribution is 2.25. The quantitative estimate of drug-likeness (QED) is 0.816. The summed E-state index contributed by atoms with van der Waals surface area (Å²) in [4.78, 5) is 1.19. The summed E-state index contributed by atoms with van der Waals surface area (Å²) in [5.74, 6) is 0.414. The van der Waals surface area contributed by atoms with Crippen LogP contribution in [0, 0.1) is 5.82 Å². The summed E-state index contributed by atoms with van der Waals surface area (Å²) in [6, 6.07) is 13.3. The van der Waals surface area contributed by atoms with E-state index >= 15 is 0 Å². The maximum absolute atomic E-state index is 13.0. The molecule has 0 aliphatic heterocycles. The van der Waals surface area contributed by atoms with Crippen molar-refractivity contribution in [1.82, 2.24) is 5.32 Å². The van der Waals surface area contributed by atoms with Gasteiger partial charge in [0, 0.05) is 17.2 Å². The lowest BCUT2D eigenvalue weighted by Gasteiger charge is -2.05. The van der Waals surface area contributed by atoms with Crippen LogP contribution < -0.4 is 5.32 Å². The number of hydrogen-bond acceptors (Lipinski definition) is 2. The Bertz CT molecular complexity index is 542. The number of nitrogens with one attached hydrogen (secondary N) is 1. The predicted molar refractivity (Wildman–Crippen MR) is 80.2 cm³/mol. The van der Waals surface area contributed by atoms with Crippen molar-refractivity contribution in [3.8, 4) is 0 Å². The van der Waals surface area contributed by atoms with Crippen LogP contribution in [0.2, 0.25) is 5.02 Å². The van der Waals surface area contributed by atoms with Gasteiger partial charge in [-0.3, -0.25) is 0 Å². The second kappa shape index (κ2) is 6.94. The third kappa shape index (κ3) is 4.23. The van der Waals surface area contributed by atoms with Crippen LogP contribution in [0.25, 0.3) is 0 Å². The Morgan fingerprint density at radius 1 is 1.11 bits per heavy atom. The van der Waals surface area contributed by atoms with E-state index in [0.29, 0.717) is 0 Å². The minimum Gasteiger partial charge on any atom is -0.316 e. The van der Waals surface area contributed by atoms with Crippen molar-refractivity contribution in [3.05, 3.63) is 64.4 Å². The number of benzene rings is 2.